The molecule has 0 saturated heterocycles. The molecule has 0 spiro atoms. The lowest BCUT2D eigenvalue weighted by atomic mass is 10.1. The molecule has 0 fully saturated rings. The van der Waals surface area contributed by atoms with Crippen molar-refractivity contribution in [2.75, 3.05) is 11.9 Å². The third-order valence-electron chi connectivity index (χ3n) is 3.44. The molecule has 0 aliphatic carbocycles. The maximum Gasteiger partial charge on any atom is 0.271 e. The Kier molecular flexibility index (Phi) is 3.41. The van der Waals surface area contributed by atoms with E-state index in [0.717, 1.165) is 31.0 Å². The van der Waals surface area contributed by atoms with Gasteiger partial charge < -0.3 is 15.2 Å². The molecule has 1 aromatic heterocycles. The molecule has 1 aromatic carbocycles. The zero-order valence-electron chi connectivity index (χ0n) is 11.5. The lowest BCUT2D eigenvalue weighted by molar-refractivity contribution is 0.0946. The van der Waals surface area contributed by atoms with Gasteiger partial charge in [0.25, 0.3) is 5.91 Å². The van der Waals surface area contributed by atoms with Gasteiger partial charge in [-0.15, -0.1) is 0 Å². The van der Waals surface area contributed by atoms with Gasteiger partial charge in [0.05, 0.1) is 0 Å². The second kappa shape index (κ2) is 5.36. The Balaban J connectivity index is 1.64. The van der Waals surface area contributed by atoms with Crippen LogP contribution in [0.1, 0.15) is 28.0 Å². The zero-order chi connectivity index (χ0) is 13.9. The molecule has 3 rings (SSSR count). The first-order valence-electron chi connectivity index (χ1n) is 6.87. The first kappa shape index (κ1) is 12.7. The largest absolute Gasteiger partial charge is 0.356 e. The molecule has 20 heavy (non-hydrogen) atoms. The van der Waals surface area contributed by atoms with Crippen molar-refractivity contribution in [2.24, 2.45) is 0 Å². The van der Waals surface area contributed by atoms with Gasteiger partial charge in [0.1, 0.15) is 5.69 Å². The fraction of sp³-hybridized carbons (Fsp3) is 0.333. The average molecular weight is 270 g/mol. The van der Waals surface area contributed by atoms with E-state index in [-0.39, 0.29) is 5.91 Å². The number of aryl methyl sites for hydroxylation is 2. The van der Waals surface area contributed by atoms with Gasteiger partial charge in [-0.05, 0) is 18.9 Å². The van der Waals surface area contributed by atoms with E-state index in [0.29, 0.717) is 12.2 Å². The molecule has 5 heteroatoms. The van der Waals surface area contributed by atoms with Crippen LogP contribution in [0, 0.1) is 6.92 Å². The van der Waals surface area contributed by atoms with E-state index in [1.807, 2.05) is 42.0 Å². The molecule has 2 heterocycles. The number of nitrogens with zero attached hydrogens (tertiary/aromatic N) is 2. The quantitative estimate of drug-likeness (QED) is 0.896. The number of hydrogen-bond donors (Lipinski definition) is 2. The fourth-order valence-corrected chi connectivity index (χ4v) is 2.27. The molecular formula is C15H18N4O. The van der Waals surface area contributed by atoms with E-state index in [1.54, 1.807) is 0 Å². The van der Waals surface area contributed by atoms with Crippen molar-refractivity contribution in [3.63, 3.8) is 0 Å². The van der Waals surface area contributed by atoms with Crippen LogP contribution in [-0.4, -0.2) is 22.0 Å². The van der Waals surface area contributed by atoms with Crippen molar-refractivity contribution < 1.29 is 4.79 Å². The Morgan fingerprint density at radius 3 is 2.95 bits per heavy atom. The minimum absolute atomic E-state index is 0.130. The molecular weight excluding hydrogens is 252 g/mol. The smallest absolute Gasteiger partial charge is 0.271 e. The molecule has 5 nitrogen and oxygen atoms in total. The summed E-state index contributed by atoms with van der Waals surface area (Å²) in [6.07, 6.45) is 2.87. The number of imidazole rings is 1. The highest BCUT2D eigenvalue weighted by Crippen LogP contribution is 2.14. The molecule has 1 amide bonds. The molecule has 1 aliphatic heterocycles. The maximum absolute atomic E-state index is 12.1. The van der Waals surface area contributed by atoms with E-state index >= 15 is 0 Å². The Hall–Kier alpha value is -2.30. The molecule has 0 saturated carbocycles. The minimum Gasteiger partial charge on any atom is -0.356 e. The molecule has 0 unspecified atom stereocenters. The number of hydrogen-bond acceptors (Lipinski definition) is 3. The van der Waals surface area contributed by atoms with Gasteiger partial charge in [0, 0.05) is 25.8 Å². The molecule has 0 atom stereocenters. The maximum atomic E-state index is 12.1. The van der Waals surface area contributed by atoms with Crippen LogP contribution in [0.3, 0.4) is 0 Å². The molecule has 104 valence electrons. The van der Waals surface area contributed by atoms with Gasteiger partial charge in [-0.2, -0.15) is 0 Å². The number of anilines is 1. The number of aromatic nitrogens is 2. The summed E-state index contributed by atoms with van der Waals surface area (Å²) in [5.74, 6) is 0.658. The molecule has 0 radical (unpaired) electrons. The predicted octanol–water partition coefficient (Wildman–Crippen LogP) is 1.94. The van der Waals surface area contributed by atoms with Crippen LogP contribution in [0.2, 0.25) is 0 Å². The summed E-state index contributed by atoms with van der Waals surface area (Å²) in [7, 11) is 0. The van der Waals surface area contributed by atoms with Crippen LogP contribution in [-0.2, 0) is 13.1 Å². The topological polar surface area (TPSA) is 59.0 Å². The van der Waals surface area contributed by atoms with Crippen LogP contribution in [0.5, 0.6) is 0 Å². The number of rotatable bonds is 3. The summed E-state index contributed by atoms with van der Waals surface area (Å²) in [6, 6.07) is 8.13. The monoisotopic (exact) mass is 270 g/mol. The van der Waals surface area contributed by atoms with Gasteiger partial charge in [-0.25, -0.2) is 4.98 Å². The van der Waals surface area contributed by atoms with Crippen LogP contribution >= 0.6 is 0 Å². The average Bonchev–Trinajstić information content (AvgIpc) is 2.90. The predicted molar refractivity (Wildman–Crippen MR) is 77.7 cm³/mol. The summed E-state index contributed by atoms with van der Waals surface area (Å²) < 4.78 is 1.99. The van der Waals surface area contributed by atoms with Gasteiger partial charge in [0.2, 0.25) is 5.95 Å². The number of amides is 1. The SMILES string of the molecule is Cc1ccc(CNC(=O)c2cn3c(n2)NCCC3)cc1. The third-order valence-corrected chi connectivity index (χ3v) is 3.44. The second-order valence-electron chi connectivity index (χ2n) is 5.09. The molecule has 1 aliphatic rings. The lowest BCUT2D eigenvalue weighted by Gasteiger charge is -2.14. The van der Waals surface area contributed by atoms with Crippen molar-refractivity contribution in [3.8, 4) is 0 Å². The van der Waals surface area contributed by atoms with Crippen molar-refractivity contribution in [3.05, 3.63) is 47.3 Å². The van der Waals surface area contributed by atoms with Crippen LogP contribution in [0.25, 0.3) is 0 Å². The zero-order valence-corrected chi connectivity index (χ0v) is 11.5. The lowest BCUT2D eigenvalue weighted by Crippen LogP contribution is -2.23. The molecule has 2 aromatic rings. The summed E-state index contributed by atoms with van der Waals surface area (Å²) >= 11 is 0. The summed E-state index contributed by atoms with van der Waals surface area (Å²) in [5.41, 5.74) is 2.78. The highest BCUT2D eigenvalue weighted by molar-refractivity contribution is 5.92. The van der Waals surface area contributed by atoms with Crippen molar-refractivity contribution in [2.45, 2.75) is 26.4 Å². The number of carbonyl (C=O) groups excluding carboxylic acids is 1. The van der Waals surface area contributed by atoms with Crippen LogP contribution in [0.15, 0.2) is 30.5 Å². The summed E-state index contributed by atoms with van der Waals surface area (Å²) in [4.78, 5) is 16.4. The van der Waals surface area contributed by atoms with Crippen molar-refractivity contribution in [1.82, 2.24) is 14.9 Å². The number of fused-ring (bicyclic) bond motifs is 1. The van der Waals surface area contributed by atoms with E-state index in [4.69, 9.17) is 0 Å². The van der Waals surface area contributed by atoms with Crippen molar-refractivity contribution in [1.29, 1.82) is 0 Å². The van der Waals surface area contributed by atoms with E-state index < -0.39 is 0 Å². The van der Waals surface area contributed by atoms with Gasteiger partial charge in [0.15, 0.2) is 0 Å². The Morgan fingerprint density at radius 1 is 1.40 bits per heavy atom. The summed E-state index contributed by atoms with van der Waals surface area (Å²) in [5, 5.41) is 6.09. The third kappa shape index (κ3) is 2.66. The first-order chi connectivity index (χ1) is 9.72. The van der Waals surface area contributed by atoms with Gasteiger partial charge in [-0.3, -0.25) is 4.79 Å². The van der Waals surface area contributed by atoms with Crippen LogP contribution in [0.4, 0.5) is 5.95 Å². The Labute approximate surface area is 118 Å². The number of nitrogens with one attached hydrogen (secondary N) is 2. The molecule has 2 N–H and O–H groups in total. The molecule has 0 bridgehead atoms. The summed E-state index contributed by atoms with van der Waals surface area (Å²) in [6.45, 7) is 4.40. The normalized spacial score (nSPS) is 13.4. The standard InChI is InChI=1S/C15H18N4O/c1-11-3-5-12(6-4-11)9-17-14(20)13-10-19-8-2-7-16-15(19)18-13/h3-6,10H,2,7-9H2,1H3,(H,16,18)(H,17,20). The van der Waals surface area contributed by atoms with E-state index in [1.165, 1.54) is 5.56 Å². The van der Waals surface area contributed by atoms with Gasteiger partial charge >= 0.3 is 0 Å². The van der Waals surface area contributed by atoms with Gasteiger partial charge in [-0.1, -0.05) is 29.8 Å². The van der Waals surface area contributed by atoms with Crippen LogP contribution < -0.4 is 10.6 Å². The van der Waals surface area contributed by atoms with E-state index in [2.05, 4.69) is 15.6 Å². The fourth-order valence-electron chi connectivity index (χ4n) is 2.27. The number of carbonyl (C=O) groups is 1. The minimum atomic E-state index is -0.130. The Morgan fingerprint density at radius 2 is 2.20 bits per heavy atom. The van der Waals surface area contributed by atoms with Crippen molar-refractivity contribution >= 4 is 11.9 Å². The second-order valence-corrected chi connectivity index (χ2v) is 5.09. The number of benzene rings is 1. The highest BCUT2D eigenvalue weighted by Gasteiger charge is 2.16. The first-order valence-corrected chi connectivity index (χ1v) is 6.87. The highest BCUT2D eigenvalue weighted by atomic mass is 16.1. The van der Waals surface area contributed by atoms with E-state index in [9.17, 15) is 4.79 Å². The Bertz CT molecular complexity index is 592.